The maximum Gasteiger partial charge on any atom is 0.326 e. The number of nitrogens with two attached hydrogens (primary N) is 1. The van der Waals surface area contributed by atoms with Crippen LogP contribution in [-0.4, -0.2) is 57.1 Å². The molecule has 0 radical (unpaired) electrons. The van der Waals surface area contributed by atoms with Crippen LogP contribution < -0.4 is 11.1 Å². The van der Waals surface area contributed by atoms with Gasteiger partial charge in [0.2, 0.25) is 0 Å². The predicted molar refractivity (Wildman–Crippen MR) is 59.7 cm³/mol. The van der Waals surface area contributed by atoms with Crippen LogP contribution in [-0.2, 0) is 0 Å². The maximum absolute atomic E-state index is 11.6. The summed E-state index contributed by atoms with van der Waals surface area (Å²) in [6.45, 7) is 0.101. The van der Waals surface area contributed by atoms with Gasteiger partial charge in [-0.25, -0.2) is 9.79 Å². The number of aliphatic imine (C=N–C) groups is 1. The minimum atomic E-state index is -0.587. The number of thioether (sulfide) groups is 1. The number of aliphatic hydroxyl groups excluding tert-OH is 2. The molecule has 2 aliphatic heterocycles. The first-order chi connectivity index (χ1) is 7.61. The topological polar surface area (TPSA) is 111 Å². The van der Waals surface area contributed by atoms with E-state index in [-0.39, 0.29) is 35.9 Å². The SMILES string of the molecule is NC1=NCN([C@H]2C[C@H](O)[C@@H](CO)S2)C(=O)N1. The minimum Gasteiger partial charge on any atom is -0.395 e. The Hall–Kier alpha value is -0.990. The van der Waals surface area contributed by atoms with Crippen molar-refractivity contribution < 1.29 is 15.0 Å². The summed E-state index contributed by atoms with van der Waals surface area (Å²) in [6, 6.07) is -0.309. The molecule has 0 aliphatic carbocycles. The second-order valence-corrected chi connectivity index (χ2v) is 5.12. The van der Waals surface area contributed by atoms with Crippen molar-refractivity contribution in [3.8, 4) is 0 Å². The van der Waals surface area contributed by atoms with Crippen LogP contribution in [0.4, 0.5) is 4.79 Å². The molecule has 2 heterocycles. The van der Waals surface area contributed by atoms with Gasteiger partial charge in [-0.2, -0.15) is 0 Å². The van der Waals surface area contributed by atoms with E-state index in [1.165, 1.54) is 16.7 Å². The summed E-state index contributed by atoms with van der Waals surface area (Å²) in [6.07, 6.45) is -0.144. The third kappa shape index (κ3) is 2.08. The summed E-state index contributed by atoms with van der Waals surface area (Å²) in [5.41, 5.74) is 5.36. The zero-order valence-corrected chi connectivity index (χ0v) is 9.35. The molecular weight excluding hydrogens is 232 g/mol. The highest BCUT2D eigenvalue weighted by Gasteiger charge is 2.39. The quantitative estimate of drug-likeness (QED) is 0.472. The van der Waals surface area contributed by atoms with E-state index in [1.807, 2.05) is 0 Å². The number of amides is 2. The monoisotopic (exact) mass is 246 g/mol. The van der Waals surface area contributed by atoms with Gasteiger partial charge in [-0.3, -0.25) is 10.2 Å². The van der Waals surface area contributed by atoms with Gasteiger partial charge < -0.3 is 15.9 Å². The molecule has 7 nitrogen and oxygen atoms in total. The minimum absolute atomic E-state index is 0.0940. The van der Waals surface area contributed by atoms with E-state index in [9.17, 15) is 9.90 Å². The van der Waals surface area contributed by atoms with Crippen LogP contribution in [0.5, 0.6) is 0 Å². The van der Waals surface area contributed by atoms with Crippen LogP contribution in [0, 0.1) is 0 Å². The Morgan fingerprint density at radius 2 is 2.44 bits per heavy atom. The van der Waals surface area contributed by atoms with Gasteiger partial charge in [-0.05, 0) is 0 Å². The molecule has 8 heteroatoms. The second kappa shape index (κ2) is 4.48. The molecule has 0 aromatic rings. The summed E-state index contributed by atoms with van der Waals surface area (Å²) < 4.78 is 0. The van der Waals surface area contributed by atoms with Gasteiger partial charge in [-0.15, -0.1) is 11.8 Å². The number of hydrogen-bond donors (Lipinski definition) is 4. The molecule has 0 aromatic heterocycles. The smallest absolute Gasteiger partial charge is 0.326 e. The molecule has 0 bridgehead atoms. The van der Waals surface area contributed by atoms with Gasteiger partial charge in [0, 0.05) is 6.42 Å². The van der Waals surface area contributed by atoms with E-state index < -0.39 is 6.10 Å². The number of guanidine groups is 1. The van der Waals surface area contributed by atoms with Crippen molar-refractivity contribution in [2.24, 2.45) is 10.7 Å². The molecule has 16 heavy (non-hydrogen) atoms. The predicted octanol–water partition coefficient (Wildman–Crippen LogP) is -1.53. The molecule has 0 spiro atoms. The summed E-state index contributed by atoms with van der Waals surface area (Å²) in [4.78, 5) is 17.0. The molecule has 2 aliphatic rings. The molecule has 3 atom stereocenters. The average Bonchev–Trinajstić information content (AvgIpc) is 2.59. The number of nitrogens with one attached hydrogen (secondary N) is 1. The molecule has 0 aromatic carbocycles. The first kappa shape index (κ1) is 11.5. The maximum atomic E-state index is 11.6. The van der Waals surface area contributed by atoms with Crippen LogP contribution in [0.15, 0.2) is 4.99 Å². The fourth-order valence-corrected chi connectivity index (χ4v) is 3.13. The number of rotatable bonds is 2. The molecule has 2 rings (SSSR count). The molecule has 1 saturated heterocycles. The number of carbonyl (C=O) groups is 1. The molecule has 2 amide bonds. The lowest BCUT2D eigenvalue weighted by Crippen LogP contribution is -2.53. The number of urea groups is 1. The zero-order valence-electron chi connectivity index (χ0n) is 8.54. The van der Waals surface area contributed by atoms with Crippen LogP contribution in [0.1, 0.15) is 6.42 Å². The fourth-order valence-electron chi connectivity index (χ4n) is 1.73. The van der Waals surface area contributed by atoms with E-state index in [0.29, 0.717) is 6.42 Å². The van der Waals surface area contributed by atoms with Gasteiger partial charge in [0.15, 0.2) is 5.96 Å². The van der Waals surface area contributed by atoms with Gasteiger partial charge in [0.1, 0.15) is 6.67 Å². The summed E-state index contributed by atoms with van der Waals surface area (Å²) in [7, 11) is 0. The molecule has 5 N–H and O–H groups in total. The zero-order chi connectivity index (χ0) is 11.7. The lowest BCUT2D eigenvalue weighted by molar-refractivity contribution is 0.127. The Bertz CT molecular complexity index is 324. The Morgan fingerprint density at radius 1 is 1.69 bits per heavy atom. The fraction of sp³-hybridized carbons (Fsp3) is 0.750. The standard InChI is InChI=1S/C8H14N4O3S/c9-7-10-3-12(8(15)11-7)6-1-4(14)5(2-13)16-6/h4-6,13-14H,1-3H2,(H3,9,10,11,15)/t4-,5+,6+/m0/s1. The van der Waals surface area contributed by atoms with E-state index >= 15 is 0 Å². The molecule has 0 saturated carbocycles. The average molecular weight is 246 g/mol. The highest BCUT2D eigenvalue weighted by atomic mass is 32.2. The lowest BCUT2D eigenvalue weighted by Gasteiger charge is -2.29. The van der Waals surface area contributed by atoms with Gasteiger partial charge in [0.05, 0.1) is 23.3 Å². The summed E-state index contributed by atoms with van der Waals surface area (Å²) in [5.74, 6) is 0.114. The van der Waals surface area contributed by atoms with Crippen molar-refractivity contribution in [3.63, 3.8) is 0 Å². The van der Waals surface area contributed by atoms with E-state index in [0.717, 1.165) is 0 Å². The van der Waals surface area contributed by atoms with E-state index in [2.05, 4.69) is 10.3 Å². The Kier molecular flexibility index (Phi) is 3.22. The lowest BCUT2D eigenvalue weighted by atomic mass is 10.2. The third-order valence-electron chi connectivity index (χ3n) is 2.62. The van der Waals surface area contributed by atoms with Crippen LogP contribution in [0.3, 0.4) is 0 Å². The largest absolute Gasteiger partial charge is 0.395 e. The first-order valence-electron chi connectivity index (χ1n) is 4.93. The summed E-state index contributed by atoms with van der Waals surface area (Å²) >= 11 is 1.39. The molecule has 90 valence electrons. The Balaban J connectivity index is 2.02. The highest BCUT2D eigenvalue weighted by Crippen LogP contribution is 2.36. The van der Waals surface area contributed by atoms with Crippen molar-refractivity contribution in [2.45, 2.75) is 23.1 Å². The number of aliphatic hydroxyl groups is 2. The molecule has 0 unspecified atom stereocenters. The molecule has 1 fully saturated rings. The van der Waals surface area contributed by atoms with Gasteiger partial charge >= 0.3 is 6.03 Å². The van der Waals surface area contributed by atoms with Gasteiger partial charge in [-0.1, -0.05) is 0 Å². The van der Waals surface area contributed by atoms with Crippen molar-refractivity contribution >= 4 is 23.8 Å². The van der Waals surface area contributed by atoms with Crippen LogP contribution in [0.2, 0.25) is 0 Å². The normalized spacial score (nSPS) is 34.9. The van der Waals surface area contributed by atoms with Gasteiger partial charge in [0.25, 0.3) is 0 Å². The van der Waals surface area contributed by atoms with Crippen molar-refractivity contribution in [2.75, 3.05) is 13.3 Å². The Labute approximate surface area is 96.7 Å². The van der Waals surface area contributed by atoms with Crippen LogP contribution in [0.25, 0.3) is 0 Å². The van der Waals surface area contributed by atoms with Crippen LogP contribution >= 0.6 is 11.8 Å². The Morgan fingerprint density at radius 3 is 3.00 bits per heavy atom. The third-order valence-corrected chi connectivity index (χ3v) is 4.19. The molecular formula is C8H14N4O3S. The number of hydrogen-bond acceptors (Lipinski definition) is 6. The van der Waals surface area contributed by atoms with E-state index in [1.54, 1.807) is 0 Å². The highest BCUT2D eigenvalue weighted by molar-refractivity contribution is 8.00. The van der Waals surface area contributed by atoms with Crippen molar-refractivity contribution in [1.29, 1.82) is 0 Å². The van der Waals surface area contributed by atoms with Crippen molar-refractivity contribution in [1.82, 2.24) is 10.2 Å². The number of carbonyl (C=O) groups excluding carboxylic acids is 1. The van der Waals surface area contributed by atoms with Crippen molar-refractivity contribution in [3.05, 3.63) is 0 Å². The van der Waals surface area contributed by atoms with E-state index in [4.69, 9.17) is 10.8 Å². The second-order valence-electron chi connectivity index (χ2n) is 3.70. The number of nitrogens with zero attached hydrogens (tertiary/aromatic N) is 2. The first-order valence-corrected chi connectivity index (χ1v) is 5.88. The summed E-state index contributed by atoms with van der Waals surface area (Å²) in [5, 5.41) is 20.7.